The van der Waals surface area contributed by atoms with Gasteiger partial charge in [0.2, 0.25) is 5.91 Å². The molecule has 0 aromatic heterocycles. The lowest BCUT2D eigenvalue weighted by Crippen LogP contribution is -2.61. The first kappa shape index (κ1) is 16.2. The van der Waals surface area contributed by atoms with Gasteiger partial charge < -0.3 is 15.4 Å². The van der Waals surface area contributed by atoms with E-state index in [-0.39, 0.29) is 5.91 Å². The highest BCUT2D eigenvalue weighted by Crippen LogP contribution is 2.61. The summed E-state index contributed by atoms with van der Waals surface area (Å²) in [5, 5.41) is 6.41. The van der Waals surface area contributed by atoms with E-state index < -0.39 is 0 Å². The Balaban J connectivity index is 1.48. The normalized spacial score (nSPS) is 31.0. The molecule has 1 aromatic carbocycles. The molecule has 0 heterocycles. The third kappa shape index (κ3) is 3.04. The number of hydrogen-bond donors (Lipinski definition) is 2. The molecule has 2 bridgehead atoms. The van der Waals surface area contributed by atoms with Gasteiger partial charge in [-0.15, -0.1) is 0 Å². The highest BCUT2D eigenvalue weighted by atomic mass is 16.5. The Hall–Kier alpha value is -1.71. The third-order valence-corrected chi connectivity index (χ3v) is 6.24. The van der Waals surface area contributed by atoms with Crippen molar-refractivity contribution in [2.24, 2.45) is 23.2 Å². The van der Waals surface area contributed by atoms with Gasteiger partial charge in [-0.1, -0.05) is 20.8 Å². The molecule has 3 aliphatic rings. The summed E-state index contributed by atoms with van der Waals surface area (Å²) in [5.74, 6) is 2.99. The minimum atomic E-state index is 0.0803. The van der Waals surface area contributed by atoms with Gasteiger partial charge in [-0.3, -0.25) is 4.79 Å². The number of carbonyl (C=O) groups excluding carboxylic acids is 1. The average molecular weight is 316 g/mol. The van der Waals surface area contributed by atoms with E-state index in [0.717, 1.165) is 29.7 Å². The van der Waals surface area contributed by atoms with Crippen molar-refractivity contribution in [3.05, 3.63) is 24.3 Å². The van der Waals surface area contributed by atoms with Crippen LogP contribution in [-0.2, 0) is 4.79 Å². The van der Waals surface area contributed by atoms with Gasteiger partial charge in [-0.25, -0.2) is 0 Å². The van der Waals surface area contributed by atoms with Crippen LogP contribution in [0.2, 0.25) is 0 Å². The van der Waals surface area contributed by atoms with Gasteiger partial charge in [0.15, 0.2) is 0 Å². The second-order valence-corrected chi connectivity index (χ2v) is 7.71. The van der Waals surface area contributed by atoms with Crippen molar-refractivity contribution < 1.29 is 9.53 Å². The van der Waals surface area contributed by atoms with E-state index in [0.29, 0.717) is 23.9 Å². The molecule has 0 saturated heterocycles. The van der Waals surface area contributed by atoms with Gasteiger partial charge in [-0.2, -0.15) is 0 Å². The molecule has 3 aliphatic carbocycles. The Morgan fingerprint density at radius 1 is 1.26 bits per heavy atom. The van der Waals surface area contributed by atoms with Crippen LogP contribution in [0.25, 0.3) is 0 Å². The Labute approximate surface area is 139 Å². The number of fused-ring (bicyclic) bond motifs is 2. The minimum absolute atomic E-state index is 0.0803. The SMILES string of the molecule is COc1ccc(NCC(=O)N[C@@H]2C[C@@H]3C[C@H]([C@H]2C)C3(C)C)cc1. The second kappa shape index (κ2) is 6.06. The highest BCUT2D eigenvalue weighted by Gasteiger charge is 2.56. The van der Waals surface area contributed by atoms with Crippen LogP contribution in [0, 0.1) is 23.2 Å². The van der Waals surface area contributed by atoms with E-state index >= 15 is 0 Å². The molecule has 4 nitrogen and oxygen atoms in total. The van der Waals surface area contributed by atoms with E-state index in [2.05, 4.69) is 31.4 Å². The maximum Gasteiger partial charge on any atom is 0.239 e. The first-order valence-corrected chi connectivity index (χ1v) is 8.59. The molecule has 1 aromatic rings. The molecule has 3 fully saturated rings. The largest absolute Gasteiger partial charge is 0.497 e. The summed E-state index contributed by atoms with van der Waals surface area (Å²) in [4.78, 5) is 12.2. The van der Waals surface area contributed by atoms with Crippen LogP contribution >= 0.6 is 0 Å². The molecule has 4 heteroatoms. The van der Waals surface area contributed by atoms with Gasteiger partial charge in [0.1, 0.15) is 5.75 Å². The molecular weight excluding hydrogens is 288 g/mol. The van der Waals surface area contributed by atoms with Crippen molar-refractivity contribution in [3.63, 3.8) is 0 Å². The molecule has 0 radical (unpaired) electrons. The maximum atomic E-state index is 12.2. The van der Waals surface area contributed by atoms with E-state index in [4.69, 9.17) is 4.74 Å². The van der Waals surface area contributed by atoms with Crippen molar-refractivity contribution in [2.45, 2.75) is 39.7 Å². The molecule has 126 valence electrons. The van der Waals surface area contributed by atoms with Crippen LogP contribution in [0.5, 0.6) is 5.75 Å². The number of methoxy groups -OCH3 is 1. The third-order valence-electron chi connectivity index (χ3n) is 6.24. The number of anilines is 1. The summed E-state index contributed by atoms with van der Waals surface area (Å²) < 4.78 is 5.13. The topological polar surface area (TPSA) is 50.4 Å². The zero-order valence-electron chi connectivity index (χ0n) is 14.6. The van der Waals surface area contributed by atoms with E-state index in [1.807, 2.05) is 24.3 Å². The van der Waals surface area contributed by atoms with Crippen LogP contribution in [0.1, 0.15) is 33.6 Å². The summed E-state index contributed by atoms with van der Waals surface area (Å²) >= 11 is 0. The molecule has 4 atom stereocenters. The zero-order valence-corrected chi connectivity index (χ0v) is 14.6. The van der Waals surface area contributed by atoms with Crippen LogP contribution in [0.4, 0.5) is 5.69 Å². The maximum absolute atomic E-state index is 12.2. The van der Waals surface area contributed by atoms with Gasteiger partial charge in [0, 0.05) is 11.7 Å². The number of nitrogens with one attached hydrogen (secondary N) is 2. The lowest BCUT2D eigenvalue weighted by Gasteiger charge is -2.62. The smallest absolute Gasteiger partial charge is 0.239 e. The van der Waals surface area contributed by atoms with Crippen molar-refractivity contribution in [1.29, 1.82) is 0 Å². The summed E-state index contributed by atoms with van der Waals surface area (Å²) in [6.45, 7) is 7.37. The van der Waals surface area contributed by atoms with E-state index in [1.54, 1.807) is 7.11 Å². The van der Waals surface area contributed by atoms with Crippen molar-refractivity contribution in [3.8, 4) is 5.75 Å². The highest BCUT2D eigenvalue weighted by molar-refractivity contribution is 5.81. The lowest BCUT2D eigenvalue weighted by atomic mass is 9.45. The molecule has 4 rings (SSSR count). The number of amides is 1. The average Bonchev–Trinajstić information content (AvgIpc) is 2.54. The van der Waals surface area contributed by atoms with Gasteiger partial charge >= 0.3 is 0 Å². The molecule has 23 heavy (non-hydrogen) atoms. The fourth-order valence-corrected chi connectivity index (χ4v) is 4.49. The summed E-state index contributed by atoms with van der Waals surface area (Å²) in [7, 11) is 1.65. The fraction of sp³-hybridized carbons (Fsp3) is 0.632. The number of ether oxygens (including phenoxy) is 1. The molecule has 0 spiro atoms. The van der Waals surface area contributed by atoms with Crippen molar-refractivity contribution in [1.82, 2.24) is 5.32 Å². The molecule has 2 N–H and O–H groups in total. The number of benzene rings is 1. The van der Waals surface area contributed by atoms with Gasteiger partial charge in [0.05, 0.1) is 13.7 Å². The molecule has 0 aliphatic heterocycles. The minimum Gasteiger partial charge on any atom is -0.497 e. The fourth-order valence-electron chi connectivity index (χ4n) is 4.49. The zero-order chi connectivity index (χ0) is 16.6. The Morgan fingerprint density at radius 2 is 1.96 bits per heavy atom. The van der Waals surface area contributed by atoms with Gasteiger partial charge in [-0.05, 0) is 60.3 Å². The standard InChI is InChI=1S/C19H28N2O2/c1-12-16-9-13(19(16,2)3)10-17(12)21-18(22)11-20-14-5-7-15(23-4)8-6-14/h5-8,12-13,16-17,20H,9-11H2,1-4H3,(H,21,22)/t12-,13+,16-,17-/m1/s1. The first-order chi connectivity index (χ1) is 10.9. The second-order valence-electron chi connectivity index (χ2n) is 7.71. The Morgan fingerprint density at radius 3 is 2.52 bits per heavy atom. The summed E-state index contributed by atoms with van der Waals surface area (Å²) in [6.07, 6.45) is 2.46. The van der Waals surface area contributed by atoms with Crippen LogP contribution in [0.15, 0.2) is 24.3 Å². The number of hydrogen-bond acceptors (Lipinski definition) is 3. The van der Waals surface area contributed by atoms with Crippen LogP contribution in [-0.4, -0.2) is 25.6 Å². The molecule has 0 unspecified atom stereocenters. The lowest BCUT2D eigenvalue weighted by molar-refractivity contribution is -0.132. The summed E-state index contributed by atoms with van der Waals surface area (Å²) in [6, 6.07) is 7.95. The summed E-state index contributed by atoms with van der Waals surface area (Å²) in [5.41, 5.74) is 1.39. The number of carbonyl (C=O) groups is 1. The van der Waals surface area contributed by atoms with Crippen LogP contribution in [0.3, 0.4) is 0 Å². The monoisotopic (exact) mass is 316 g/mol. The molecule has 3 saturated carbocycles. The quantitative estimate of drug-likeness (QED) is 0.876. The number of rotatable bonds is 5. The predicted octanol–water partition coefficient (Wildman–Crippen LogP) is 3.29. The van der Waals surface area contributed by atoms with E-state index in [1.165, 1.54) is 6.42 Å². The first-order valence-electron chi connectivity index (χ1n) is 8.59. The van der Waals surface area contributed by atoms with Crippen molar-refractivity contribution >= 4 is 11.6 Å². The van der Waals surface area contributed by atoms with Crippen LogP contribution < -0.4 is 15.4 Å². The van der Waals surface area contributed by atoms with Gasteiger partial charge in [0.25, 0.3) is 0 Å². The molecule has 1 amide bonds. The van der Waals surface area contributed by atoms with Crippen molar-refractivity contribution in [2.75, 3.05) is 19.0 Å². The Bertz CT molecular complexity index is 567. The van der Waals surface area contributed by atoms with E-state index in [9.17, 15) is 4.79 Å². The molecular formula is C19H28N2O2. The predicted molar refractivity (Wildman–Crippen MR) is 92.6 cm³/mol. The Kier molecular flexibility index (Phi) is 4.26.